The van der Waals surface area contributed by atoms with Crippen LogP contribution >= 0.6 is 0 Å². The lowest BCUT2D eigenvalue weighted by Gasteiger charge is -2.33. The Bertz CT molecular complexity index is 450. The monoisotopic (exact) mass is 281 g/mol. The summed E-state index contributed by atoms with van der Waals surface area (Å²) in [7, 11) is 4.98. The molecule has 1 aromatic rings. The van der Waals surface area contributed by atoms with Crippen molar-refractivity contribution in [2.45, 2.75) is 19.1 Å². The zero-order valence-electron chi connectivity index (χ0n) is 12.4. The Balaban J connectivity index is 2.23. The van der Waals surface area contributed by atoms with E-state index in [0.717, 1.165) is 48.7 Å². The Morgan fingerprint density at radius 2 is 1.90 bits per heavy atom. The van der Waals surface area contributed by atoms with E-state index in [4.69, 9.17) is 14.2 Å². The van der Waals surface area contributed by atoms with Crippen LogP contribution in [-0.4, -0.2) is 51.0 Å². The molecule has 5 nitrogen and oxygen atoms in total. The quantitative estimate of drug-likeness (QED) is 0.803. The van der Waals surface area contributed by atoms with Gasteiger partial charge in [-0.1, -0.05) is 0 Å². The molecule has 0 amide bonds. The fourth-order valence-electron chi connectivity index (χ4n) is 2.75. The summed E-state index contributed by atoms with van der Waals surface area (Å²) in [4.78, 5) is 2.22. The topological polar surface area (TPSA) is 51.2 Å². The minimum atomic E-state index is -0.550. The van der Waals surface area contributed by atoms with E-state index in [1.54, 1.807) is 21.3 Å². The maximum absolute atomic E-state index is 10.4. The van der Waals surface area contributed by atoms with Crippen molar-refractivity contribution in [2.75, 3.05) is 41.0 Å². The SMILES string of the molecule is COCCCN1Cc2c(OC)ccc(OC)c2C(O)C1. The van der Waals surface area contributed by atoms with Crippen LogP contribution in [-0.2, 0) is 11.3 Å². The molecular weight excluding hydrogens is 258 g/mol. The zero-order chi connectivity index (χ0) is 14.5. The summed E-state index contributed by atoms with van der Waals surface area (Å²) >= 11 is 0. The van der Waals surface area contributed by atoms with E-state index in [1.807, 2.05) is 12.1 Å². The molecule has 1 aliphatic heterocycles. The third-order valence-corrected chi connectivity index (χ3v) is 3.68. The predicted octanol–water partition coefficient (Wildman–Crippen LogP) is 1.59. The first-order chi connectivity index (χ1) is 9.71. The van der Waals surface area contributed by atoms with Gasteiger partial charge in [-0.05, 0) is 18.6 Å². The smallest absolute Gasteiger partial charge is 0.125 e. The molecule has 0 bridgehead atoms. The van der Waals surface area contributed by atoms with E-state index >= 15 is 0 Å². The second-order valence-corrected chi connectivity index (χ2v) is 4.96. The van der Waals surface area contributed by atoms with Gasteiger partial charge in [0, 0.05) is 44.5 Å². The predicted molar refractivity (Wildman–Crippen MR) is 76.3 cm³/mol. The fraction of sp³-hybridized carbons (Fsp3) is 0.600. The number of ether oxygens (including phenoxy) is 3. The first kappa shape index (κ1) is 15.1. The summed E-state index contributed by atoms with van der Waals surface area (Å²) in [5.41, 5.74) is 1.87. The maximum Gasteiger partial charge on any atom is 0.125 e. The number of methoxy groups -OCH3 is 3. The highest BCUT2D eigenvalue weighted by Crippen LogP contribution is 2.39. The molecule has 0 aromatic heterocycles. The molecule has 1 N–H and O–H groups in total. The van der Waals surface area contributed by atoms with Crippen molar-refractivity contribution >= 4 is 0 Å². The number of hydrogen-bond donors (Lipinski definition) is 1. The molecule has 2 rings (SSSR count). The van der Waals surface area contributed by atoms with Crippen molar-refractivity contribution in [1.82, 2.24) is 4.90 Å². The molecule has 0 saturated carbocycles. The van der Waals surface area contributed by atoms with E-state index in [-0.39, 0.29) is 0 Å². The molecule has 1 unspecified atom stereocenters. The van der Waals surface area contributed by atoms with Gasteiger partial charge in [-0.2, -0.15) is 0 Å². The molecule has 1 atom stereocenters. The fourth-order valence-corrected chi connectivity index (χ4v) is 2.75. The Hall–Kier alpha value is -1.30. The van der Waals surface area contributed by atoms with Crippen molar-refractivity contribution in [3.05, 3.63) is 23.3 Å². The highest BCUT2D eigenvalue weighted by molar-refractivity contribution is 5.51. The third-order valence-electron chi connectivity index (χ3n) is 3.68. The molecule has 0 spiro atoms. The van der Waals surface area contributed by atoms with Crippen LogP contribution in [0.5, 0.6) is 11.5 Å². The molecule has 1 aliphatic rings. The van der Waals surface area contributed by atoms with E-state index in [9.17, 15) is 5.11 Å². The molecule has 5 heteroatoms. The lowest BCUT2D eigenvalue weighted by molar-refractivity contribution is 0.0811. The average Bonchev–Trinajstić information content (AvgIpc) is 2.46. The molecule has 0 fully saturated rings. The van der Waals surface area contributed by atoms with E-state index in [2.05, 4.69) is 4.90 Å². The van der Waals surface area contributed by atoms with Crippen molar-refractivity contribution in [3.63, 3.8) is 0 Å². The number of benzene rings is 1. The van der Waals surface area contributed by atoms with Gasteiger partial charge < -0.3 is 19.3 Å². The summed E-state index contributed by atoms with van der Waals surface area (Å²) in [5, 5.41) is 10.4. The van der Waals surface area contributed by atoms with Crippen molar-refractivity contribution in [2.24, 2.45) is 0 Å². The van der Waals surface area contributed by atoms with Crippen LogP contribution in [0.4, 0.5) is 0 Å². The third kappa shape index (κ3) is 3.06. The van der Waals surface area contributed by atoms with Crippen LogP contribution in [0.25, 0.3) is 0 Å². The Labute approximate surface area is 120 Å². The standard InChI is InChI=1S/C15H23NO4/c1-18-8-4-7-16-9-11-13(19-2)5-6-14(20-3)15(11)12(17)10-16/h5-6,12,17H,4,7-10H2,1-3H3. The maximum atomic E-state index is 10.4. The molecule has 112 valence electrons. The van der Waals surface area contributed by atoms with Crippen LogP contribution in [0.1, 0.15) is 23.7 Å². The van der Waals surface area contributed by atoms with Crippen LogP contribution in [0.3, 0.4) is 0 Å². The van der Waals surface area contributed by atoms with E-state index in [0.29, 0.717) is 6.54 Å². The van der Waals surface area contributed by atoms with Gasteiger partial charge in [0.15, 0.2) is 0 Å². The van der Waals surface area contributed by atoms with Crippen LogP contribution in [0.15, 0.2) is 12.1 Å². The van der Waals surface area contributed by atoms with Crippen molar-refractivity contribution in [3.8, 4) is 11.5 Å². The van der Waals surface area contributed by atoms with Crippen LogP contribution < -0.4 is 9.47 Å². The number of rotatable bonds is 6. The molecule has 1 aromatic carbocycles. The summed E-state index contributed by atoms with van der Waals surface area (Å²) in [6.45, 7) is 3.00. The Morgan fingerprint density at radius 1 is 1.20 bits per heavy atom. The Morgan fingerprint density at radius 3 is 2.55 bits per heavy atom. The number of aliphatic hydroxyl groups is 1. The molecule has 0 aliphatic carbocycles. The summed E-state index contributed by atoms with van der Waals surface area (Å²) in [5.74, 6) is 1.53. The van der Waals surface area contributed by atoms with Crippen molar-refractivity contribution in [1.29, 1.82) is 0 Å². The normalized spacial score (nSPS) is 18.7. The van der Waals surface area contributed by atoms with Gasteiger partial charge >= 0.3 is 0 Å². The minimum Gasteiger partial charge on any atom is -0.496 e. The lowest BCUT2D eigenvalue weighted by Crippen LogP contribution is -2.35. The zero-order valence-corrected chi connectivity index (χ0v) is 12.4. The second-order valence-electron chi connectivity index (χ2n) is 4.96. The van der Waals surface area contributed by atoms with Crippen LogP contribution in [0.2, 0.25) is 0 Å². The van der Waals surface area contributed by atoms with E-state index < -0.39 is 6.10 Å². The largest absolute Gasteiger partial charge is 0.496 e. The van der Waals surface area contributed by atoms with E-state index in [1.165, 1.54) is 0 Å². The van der Waals surface area contributed by atoms with Gasteiger partial charge in [-0.25, -0.2) is 0 Å². The number of fused-ring (bicyclic) bond motifs is 1. The number of β-amino-alcohol motifs (C(OH)–C–C–N with tert-alkyl or cyclic N) is 1. The summed E-state index contributed by atoms with van der Waals surface area (Å²) in [6, 6.07) is 3.74. The molecule has 20 heavy (non-hydrogen) atoms. The highest BCUT2D eigenvalue weighted by Gasteiger charge is 2.29. The molecule has 1 heterocycles. The molecule has 0 saturated heterocycles. The van der Waals surface area contributed by atoms with Crippen molar-refractivity contribution < 1.29 is 19.3 Å². The summed E-state index contributed by atoms with van der Waals surface area (Å²) < 4.78 is 15.9. The lowest BCUT2D eigenvalue weighted by atomic mass is 9.95. The van der Waals surface area contributed by atoms with Gasteiger partial charge in [-0.15, -0.1) is 0 Å². The van der Waals surface area contributed by atoms with Gasteiger partial charge in [0.05, 0.1) is 20.3 Å². The van der Waals surface area contributed by atoms with Gasteiger partial charge in [-0.3, -0.25) is 4.90 Å². The Kier molecular flexibility index (Phi) is 5.23. The van der Waals surface area contributed by atoms with Crippen LogP contribution in [0, 0.1) is 0 Å². The number of aliphatic hydroxyl groups excluding tert-OH is 1. The number of nitrogens with zero attached hydrogens (tertiary/aromatic N) is 1. The first-order valence-corrected chi connectivity index (χ1v) is 6.84. The van der Waals surface area contributed by atoms with Gasteiger partial charge in [0.2, 0.25) is 0 Å². The molecular formula is C15H23NO4. The molecule has 0 radical (unpaired) electrons. The first-order valence-electron chi connectivity index (χ1n) is 6.84. The van der Waals surface area contributed by atoms with Gasteiger partial charge in [0.25, 0.3) is 0 Å². The summed E-state index contributed by atoms with van der Waals surface area (Å²) in [6.07, 6.45) is 0.400. The van der Waals surface area contributed by atoms with Gasteiger partial charge in [0.1, 0.15) is 11.5 Å². The minimum absolute atomic E-state index is 0.550. The number of hydrogen-bond acceptors (Lipinski definition) is 5. The average molecular weight is 281 g/mol. The second kappa shape index (κ2) is 6.92. The highest BCUT2D eigenvalue weighted by atomic mass is 16.5.